The van der Waals surface area contributed by atoms with E-state index in [1.165, 1.54) is 7.11 Å². The number of phenols is 1. The Hall–Kier alpha value is -3.26. The minimum absolute atomic E-state index is 0.112. The molecule has 0 aliphatic heterocycles. The van der Waals surface area contributed by atoms with Crippen LogP contribution >= 0.6 is 0 Å². The second-order valence-electron chi connectivity index (χ2n) is 5.01. The van der Waals surface area contributed by atoms with Gasteiger partial charge in [0.2, 0.25) is 0 Å². The van der Waals surface area contributed by atoms with E-state index in [4.69, 9.17) is 10.00 Å². The summed E-state index contributed by atoms with van der Waals surface area (Å²) in [4.78, 5) is 4.28. The number of aromatic hydroxyl groups is 1. The van der Waals surface area contributed by atoms with Gasteiger partial charge in [-0.2, -0.15) is 5.26 Å². The molecule has 0 radical (unpaired) electrons. The predicted molar refractivity (Wildman–Crippen MR) is 88.4 cm³/mol. The molecule has 0 spiro atoms. The van der Waals surface area contributed by atoms with Gasteiger partial charge in [-0.05, 0) is 18.2 Å². The van der Waals surface area contributed by atoms with Crippen molar-refractivity contribution in [1.29, 1.82) is 5.26 Å². The van der Waals surface area contributed by atoms with Crippen molar-refractivity contribution in [3.63, 3.8) is 0 Å². The second kappa shape index (κ2) is 6.24. The zero-order valence-corrected chi connectivity index (χ0v) is 12.6. The molecule has 2 N–H and O–H groups in total. The lowest BCUT2D eigenvalue weighted by atomic mass is 10.1. The molecular weight excluding hydrogens is 290 g/mol. The average Bonchev–Trinajstić information content (AvgIpc) is 2.60. The van der Waals surface area contributed by atoms with Crippen molar-refractivity contribution in [1.82, 2.24) is 4.98 Å². The monoisotopic (exact) mass is 305 g/mol. The highest BCUT2D eigenvalue weighted by atomic mass is 16.5. The van der Waals surface area contributed by atoms with Crippen molar-refractivity contribution in [2.24, 2.45) is 0 Å². The molecular formula is C18H15N3O2. The summed E-state index contributed by atoms with van der Waals surface area (Å²) in [5.41, 5.74) is 2.61. The van der Waals surface area contributed by atoms with Gasteiger partial charge >= 0.3 is 0 Å². The summed E-state index contributed by atoms with van der Waals surface area (Å²) in [5.74, 6) is 0.544. The number of rotatable bonds is 4. The van der Waals surface area contributed by atoms with Crippen LogP contribution in [-0.2, 0) is 6.54 Å². The molecule has 0 aliphatic carbocycles. The average molecular weight is 305 g/mol. The molecule has 5 heteroatoms. The van der Waals surface area contributed by atoms with Crippen LogP contribution in [0.5, 0.6) is 11.5 Å². The Labute approximate surface area is 133 Å². The van der Waals surface area contributed by atoms with Crippen molar-refractivity contribution in [2.45, 2.75) is 6.54 Å². The summed E-state index contributed by atoms with van der Waals surface area (Å²) in [5, 5.41) is 23.5. The zero-order valence-electron chi connectivity index (χ0n) is 12.6. The van der Waals surface area contributed by atoms with Crippen molar-refractivity contribution in [3.05, 3.63) is 59.8 Å². The smallest absolute Gasteiger partial charge is 0.162 e. The van der Waals surface area contributed by atoms with E-state index in [9.17, 15) is 5.11 Å². The Bertz CT molecular complexity index is 900. The summed E-state index contributed by atoms with van der Waals surface area (Å²) in [7, 11) is 1.52. The number of phenolic OH excluding ortho intramolecular Hbond substituents is 1. The van der Waals surface area contributed by atoms with Gasteiger partial charge in [0.25, 0.3) is 0 Å². The minimum Gasteiger partial charge on any atom is -0.504 e. The summed E-state index contributed by atoms with van der Waals surface area (Å²) >= 11 is 0. The first kappa shape index (κ1) is 14.7. The van der Waals surface area contributed by atoms with Crippen LogP contribution in [0.15, 0.2) is 48.5 Å². The molecule has 114 valence electrons. The molecule has 1 aromatic heterocycles. The summed E-state index contributed by atoms with van der Waals surface area (Å²) in [6, 6.07) is 16.7. The lowest BCUT2D eigenvalue weighted by molar-refractivity contribution is 0.371. The van der Waals surface area contributed by atoms with Gasteiger partial charge in [0.1, 0.15) is 11.8 Å². The molecule has 0 saturated carbocycles. The molecule has 0 fully saturated rings. The molecule has 3 rings (SSSR count). The highest BCUT2D eigenvalue weighted by Crippen LogP contribution is 2.30. The largest absolute Gasteiger partial charge is 0.504 e. The quantitative estimate of drug-likeness (QED) is 0.772. The maximum absolute atomic E-state index is 10.2. The third kappa shape index (κ3) is 2.87. The number of nitriles is 1. The van der Waals surface area contributed by atoms with Crippen LogP contribution in [0.25, 0.3) is 10.9 Å². The van der Waals surface area contributed by atoms with E-state index < -0.39 is 0 Å². The number of methoxy groups -OCH3 is 1. The number of nitrogens with zero attached hydrogens (tertiary/aromatic N) is 2. The van der Waals surface area contributed by atoms with Crippen LogP contribution in [0.2, 0.25) is 0 Å². The molecule has 23 heavy (non-hydrogen) atoms. The fourth-order valence-electron chi connectivity index (χ4n) is 2.44. The van der Waals surface area contributed by atoms with Gasteiger partial charge in [0.15, 0.2) is 11.5 Å². The van der Waals surface area contributed by atoms with E-state index in [0.717, 1.165) is 16.6 Å². The molecule has 5 nitrogen and oxygen atoms in total. The van der Waals surface area contributed by atoms with Crippen LogP contribution in [0.4, 0.5) is 5.69 Å². The maximum Gasteiger partial charge on any atom is 0.162 e. The SMILES string of the molecule is COc1cccc(CNc2cc(C#N)nc3ccccc23)c1O. The van der Waals surface area contributed by atoms with E-state index in [-0.39, 0.29) is 5.75 Å². The number of anilines is 1. The fraction of sp³-hybridized carbons (Fsp3) is 0.111. The Balaban J connectivity index is 1.95. The van der Waals surface area contributed by atoms with Gasteiger partial charge in [-0.3, -0.25) is 0 Å². The van der Waals surface area contributed by atoms with Crippen molar-refractivity contribution < 1.29 is 9.84 Å². The highest BCUT2D eigenvalue weighted by molar-refractivity contribution is 5.91. The van der Waals surface area contributed by atoms with Crippen LogP contribution in [-0.4, -0.2) is 17.2 Å². The Kier molecular flexibility index (Phi) is 3.98. The number of hydrogen-bond acceptors (Lipinski definition) is 5. The van der Waals surface area contributed by atoms with Gasteiger partial charge < -0.3 is 15.2 Å². The number of nitrogens with one attached hydrogen (secondary N) is 1. The zero-order chi connectivity index (χ0) is 16.2. The van der Waals surface area contributed by atoms with E-state index in [1.807, 2.05) is 36.4 Å². The van der Waals surface area contributed by atoms with Gasteiger partial charge in [-0.15, -0.1) is 0 Å². The van der Waals surface area contributed by atoms with Crippen LogP contribution in [0, 0.1) is 11.3 Å². The van der Waals surface area contributed by atoms with Gasteiger partial charge in [0, 0.05) is 23.2 Å². The van der Waals surface area contributed by atoms with E-state index in [0.29, 0.717) is 23.6 Å². The lowest BCUT2D eigenvalue weighted by Gasteiger charge is -2.12. The number of aromatic nitrogens is 1. The first-order valence-electron chi connectivity index (χ1n) is 7.11. The fourth-order valence-corrected chi connectivity index (χ4v) is 2.44. The van der Waals surface area contributed by atoms with Crippen molar-refractivity contribution in [3.8, 4) is 17.6 Å². The summed E-state index contributed by atoms with van der Waals surface area (Å²) in [6.45, 7) is 0.405. The molecule has 0 saturated heterocycles. The van der Waals surface area contributed by atoms with Gasteiger partial charge in [-0.1, -0.05) is 30.3 Å². The molecule has 0 atom stereocenters. The second-order valence-corrected chi connectivity index (χ2v) is 5.01. The maximum atomic E-state index is 10.2. The van der Waals surface area contributed by atoms with Gasteiger partial charge in [0.05, 0.1) is 12.6 Å². The third-order valence-electron chi connectivity index (χ3n) is 3.60. The Morgan fingerprint density at radius 1 is 1.22 bits per heavy atom. The van der Waals surface area contributed by atoms with Crippen LogP contribution in [0.3, 0.4) is 0 Å². The number of benzene rings is 2. The number of fused-ring (bicyclic) bond motifs is 1. The van der Waals surface area contributed by atoms with Gasteiger partial charge in [-0.25, -0.2) is 4.98 Å². The van der Waals surface area contributed by atoms with Crippen molar-refractivity contribution in [2.75, 3.05) is 12.4 Å². The first-order valence-corrected chi connectivity index (χ1v) is 7.11. The molecule has 3 aromatic rings. The van der Waals surface area contributed by atoms with Crippen molar-refractivity contribution >= 4 is 16.6 Å². The molecule has 0 unspecified atom stereocenters. The Morgan fingerprint density at radius 3 is 2.83 bits per heavy atom. The minimum atomic E-state index is 0.112. The molecule has 0 bridgehead atoms. The Morgan fingerprint density at radius 2 is 2.04 bits per heavy atom. The third-order valence-corrected chi connectivity index (χ3v) is 3.60. The summed E-state index contributed by atoms with van der Waals surface area (Å²) < 4.78 is 5.11. The lowest BCUT2D eigenvalue weighted by Crippen LogP contribution is -2.02. The van der Waals surface area contributed by atoms with Crippen LogP contribution in [0.1, 0.15) is 11.3 Å². The van der Waals surface area contributed by atoms with E-state index in [1.54, 1.807) is 12.1 Å². The van der Waals surface area contributed by atoms with E-state index in [2.05, 4.69) is 16.4 Å². The number of ether oxygens (including phenoxy) is 1. The molecule has 1 heterocycles. The number of hydrogen-bond donors (Lipinski definition) is 2. The first-order chi connectivity index (χ1) is 11.2. The number of para-hydroxylation sites is 2. The highest BCUT2D eigenvalue weighted by Gasteiger charge is 2.09. The van der Waals surface area contributed by atoms with E-state index >= 15 is 0 Å². The predicted octanol–water partition coefficient (Wildman–Crippen LogP) is 3.43. The van der Waals surface area contributed by atoms with Crippen LogP contribution < -0.4 is 10.1 Å². The summed E-state index contributed by atoms with van der Waals surface area (Å²) in [6.07, 6.45) is 0. The number of pyridine rings is 1. The molecule has 0 amide bonds. The topological polar surface area (TPSA) is 78.2 Å². The molecule has 0 aliphatic rings. The molecule has 2 aromatic carbocycles. The normalized spacial score (nSPS) is 10.3. The standard InChI is InChI=1S/C18H15N3O2/c1-23-17-8-4-5-12(18(17)22)11-20-16-9-13(10-19)21-15-7-3-2-6-14(15)16/h2-9,22H,11H2,1H3,(H,20,21).